The zero-order chi connectivity index (χ0) is 19.1. The summed E-state index contributed by atoms with van der Waals surface area (Å²) in [7, 11) is 0. The Kier molecular flexibility index (Phi) is 4.77. The van der Waals surface area contributed by atoms with Crippen molar-refractivity contribution in [2.24, 2.45) is 0 Å². The first-order chi connectivity index (χ1) is 12.3. The number of fused-ring (bicyclic) bond motifs is 1. The molecule has 0 aliphatic heterocycles. The third-order valence-corrected chi connectivity index (χ3v) is 4.58. The standard InChI is InChI=1S/C18H22F3N5/c1-5-7-8-26-17-16(11(3)24-26)14(18(19,20)21)9-15(23-17)13-10-22-25(6-2)12(13)4/h9-10H,5-8H2,1-4H3. The summed E-state index contributed by atoms with van der Waals surface area (Å²) in [5.74, 6) is 0. The van der Waals surface area contributed by atoms with Crippen LogP contribution in [0.1, 0.15) is 43.6 Å². The van der Waals surface area contributed by atoms with Crippen LogP contribution in [0.3, 0.4) is 0 Å². The van der Waals surface area contributed by atoms with Crippen LogP contribution in [-0.4, -0.2) is 24.5 Å². The number of aromatic nitrogens is 5. The van der Waals surface area contributed by atoms with E-state index in [2.05, 4.69) is 15.2 Å². The van der Waals surface area contributed by atoms with Crippen LogP contribution in [0.2, 0.25) is 0 Å². The molecule has 0 radical (unpaired) electrons. The Morgan fingerprint density at radius 1 is 1.12 bits per heavy atom. The van der Waals surface area contributed by atoms with Crippen molar-refractivity contribution in [1.82, 2.24) is 24.5 Å². The average molecular weight is 365 g/mol. The fourth-order valence-electron chi connectivity index (χ4n) is 3.20. The van der Waals surface area contributed by atoms with Crippen LogP contribution in [0.25, 0.3) is 22.3 Å². The molecular weight excluding hydrogens is 343 g/mol. The summed E-state index contributed by atoms with van der Waals surface area (Å²) in [6, 6.07) is 1.12. The summed E-state index contributed by atoms with van der Waals surface area (Å²) in [5, 5.41) is 8.63. The Morgan fingerprint density at radius 2 is 1.85 bits per heavy atom. The zero-order valence-electron chi connectivity index (χ0n) is 15.4. The number of halogens is 3. The molecule has 0 amide bonds. The minimum Gasteiger partial charge on any atom is -0.269 e. The van der Waals surface area contributed by atoms with Crippen LogP contribution < -0.4 is 0 Å². The van der Waals surface area contributed by atoms with Crippen LogP contribution >= 0.6 is 0 Å². The number of pyridine rings is 1. The monoisotopic (exact) mass is 365 g/mol. The van der Waals surface area contributed by atoms with Gasteiger partial charge < -0.3 is 0 Å². The van der Waals surface area contributed by atoms with Gasteiger partial charge in [0.1, 0.15) is 0 Å². The molecule has 0 aliphatic rings. The molecule has 0 aliphatic carbocycles. The van der Waals surface area contributed by atoms with Crippen molar-refractivity contribution in [2.45, 2.75) is 59.8 Å². The Morgan fingerprint density at radius 3 is 2.42 bits per heavy atom. The Labute approximate surface area is 149 Å². The van der Waals surface area contributed by atoms with Gasteiger partial charge in [-0.15, -0.1) is 0 Å². The van der Waals surface area contributed by atoms with E-state index in [1.54, 1.807) is 22.5 Å². The lowest BCUT2D eigenvalue weighted by atomic mass is 10.1. The number of rotatable bonds is 5. The Bertz CT molecular complexity index is 937. The van der Waals surface area contributed by atoms with Crippen molar-refractivity contribution in [3.8, 4) is 11.3 Å². The molecule has 3 heterocycles. The van der Waals surface area contributed by atoms with E-state index in [0.717, 1.165) is 24.6 Å². The molecular formula is C18H22F3N5. The number of hydrogen-bond acceptors (Lipinski definition) is 3. The predicted octanol–water partition coefficient (Wildman–Crippen LogP) is 4.75. The van der Waals surface area contributed by atoms with E-state index in [1.165, 1.54) is 0 Å². The van der Waals surface area contributed by atoms with Gasteiger partial charge in [0.2, 0.25) is 0 Å². The first-order valence-electron chi connectivity index (χ1n) is 8.76. The summed E-state index contributed by atoms with van der Waals surface area (Å²) >= 11 is 0. The Balaban J connectivity index is 2.29. The molecule has 0 saturated heterocycles. The molecule has 0 atom stereocenters. The van der Waals surface area contributed by atoms with Crippen LogP contribution in [0, 0.1) is 13.8 Å². The van der Waals surface area contributed by atoms with Crippen LogP contribution in [0.5, 0.6) is 0 Å². The van der Waals surface area contributed by atoms with Gasteiger partial charge in [-0.05, 0) is 33.3 Å². The predicted molar refractivity (Wildman–Crippen MR) is 93.8 cm³/mol. The van der Waals surface area contributed by atoms with Gasteiger partial charge in [0.25, 0.3) is 0 Å². The van der Waals surface area contributed by atoms with Crippen molar-refractivity contribution in [3.63, 3.8) is 0 Å². The normalized spacial score (nSPS) is 12.3. The molecule has 26 heavy (non-hydrogen) atoms. The van der Waals surface area contributed by atoms with Gasteiger partial charge in [0.15, 0.2) is 5.65 Å². The summed E-state index contributed by atoms with van der Waals surface area (Å²) in [6.45, 7) is 8.59. The van der Waals surface area contributed by atoms with Gasteiger partial charge in [-0.2, -0.15) is 23.4 Å². The highest BCUT2D eigenvalue weighted by atomic mass is 19.4. The number of nitrogens with zero attached hydrogens (tertiary/aromatic N) is 5. The van der Waals surface area contributed by atoms with Gasteiger partial charge in [-0.3, -0.25) is 4.68 Å². The number of hydrogen-bond donors (Lipinski definition) is 0. The first-order valence-corrected chi connectivity index (χ1v) is 8.76. The summed E-state index contributed by atoms with van der Waals surface area (Å²) in [5.41, 5.74) is 1.62. The molecule has 3 rings (SSSR count). The SMILES string of the molecule is CCCCn1nc(C)c2c(C(F)(F)F)cc(-c3cnn(CC)c3C)nc21. The van der Waals surface area contributed by atoms with E-state index in [9.17, 15) is 13.2 Å². The van der Waals surface area contributed by atoms with Crippen molar-refractivity contribution in [1.29, 1.82) is 0 Å². The molecule has 0 fully saturated rings. The van der Waals surface area contributed by atoms with Crippen LogP contribution in [-0.2, 0) is 19.3 Å². The highest BCUT2D eigenvalue weighted by Crippen LogP contribution is 2.38. The van der Waals surface area contributed by atoms with E-state index in [4.69, 9.17) is 0 Å². The highest BCUT2D eigenvalue weighted by molar-refractivity contribution is 5.86. The Hall–Kier alpha value is -2.38. The molecule has 5 nitrogen and oxygen atoms in total. The van der Waals surface area contributed by atoms with E-state index in [1.807, 2.05) is 20.8 Å². The molecule has 140 valence electrons. The molecule has 0 N–H and O–H groups in total. The number of aryl methyl sites for hydroxylation is 3. The highest BCUT2D eigenvalue weighted by Gasteiger charge is 2.36. The maximum Gasteiger partial charge on any atom is 0.417 e. The van der Waals surface area contributed by atoms with E-state index in [-0.39, 0.29) is 16.7 Å². The second-order valence-corrected chi connectivity index (χ2v) is 6.37. The fraction of sp³-hybridized carbons (Fsp3) is 0.500. The molecule has 3 aromatic rings. The average Bonchev–Trinajstić information content (AvgIpc) is 3.11. The molecule has 3 aromatic heterocycles. The molecule has 0 spiro atoms. The lowest BCUT2D eigenvalue weighted by Crippen LogP contribution is -2.08. The molecule has 0 bridgehead atoms. The quantitative estimate of drug-likeness (QED) is 0.655. The van der Waals surface area contributed by atoms with Crippen LogP contribution in [0.4, 0.5) is 13.2 Å². The van der Waals surface area contributed by atoms with Crippen LogP contribution in [0.15, 0.2) is 12.3 Å². The van der Waals surface area contributed by atoms with E-state index < -0.39 is 11.7 Å². The van der Waals surface area contributed by atoms with Crippen molar-refractivity contribution in [2.75, 3.05) is 0 Å². The minimum absolute atomic E-state index is 0.0814. The molecule has 0 aromatic carbocycles. The minimum atomic E-state index is -4.48. The van der Waals surface area contributed by atoms with Gasteiger partial charge in [-0.25, -0.2) is 9.67 Å². The van der Waals surface area contributed by atoms with Gasteiger partial charge in [0, 0.05) is 24.3 Å². The summed E-state index contributed by atoms with van der Waals surface area (Å²) in [6.07, 6.45) is -1.15. The van der Waals surface area contributed by atoms with E-state index >= 15 is 0 Å². The van der Waals surface area contributed by atoms with E-state index in [0.29, 0.717) is 24.3 Å². The third-order valence-electron chi connectivity index (χ3n) is 4.58. The van der Waals surface area contributed by atoms with Gasteiger partial charge in [-0.1, -0.05) is 13.3 Å². The van der Waals surface area contributed by atoms with Gasteiger partial charge in [0.05, 0.1) is 28.5 Å². The van der Waals surface area contributed by atoms with Crippen molar-refractivity contribution >= 4 is 11.0 Å². The molecule has 0 unspecified atom stereocenters. The van der Waals surface area contributed by atoms with Crippen molar-refractivity contribution < 1.29 is 13.2 Å². The fourth-order valence-corrected chi connectivity index (χ4v) is 3.20. The third kappa shape index (κ3) is 3.08. The van der Waals surface area contributed by atoms with Gasteiger partial charge >= 0.3 is 6.18 Å². The lowest BCUT2D eigenvalue weighted by Gasteiger charge is -2.11. The zero-order valence-corrected chi connectivity index (χ0v) is 15.4. The maximum absolute atomic E-state index is 13.7. The second-order valence-electron chi connectivity index (χ2n) is 6.37. The lowest BCUT2D eigenvalue weighted by molar-refractivity contribution is -0.136. The maximum atomic E-state index is 13.7. The smallest absolute Gasteiger partial charge is 0.269 e. The summed E-state index contributed by atoms with van der Waals surface area (Å²) in [4.78, 5) is 4.55. The second kappa shape index (κ2) is 6.74. The summed E-state index contributed by atoms with van der Waals surface area (Å²) < 4.78 is 44.6. The topological polar surface area (TPSA) is 48.5 Å². The molecule has 8 heteroatoms. The largest absolute Gasteiger partial charge is 0.417 e. The first kappa shape index (κ1) is 18.4. The number of alkyl halides is 3. The van der Waals surface area contributed by atoms with Crippen molar-refractivity contribution in [3.05, 3.63) is 29.2 Å². The number of unbranched alkanes of at least 4 members (excludes halogenated alkanes) is 1. The molecule has 0 saturated carbocycles.